The lowest BCUT2D eigenvalue weighted by Crippen LogP contribution is -2.13. The van der Waals surface area contributed by atoms with Crippen molar-refractivity contribution in [2.24, 2.45) is 0 Å². The Balaban J connectivity index is 1.52. The normalized spacial score (nSPS) is 11.8. The van der Waals surface area contributed by atoms with Crippen LogP contribution in [0.15, 0.2) is 67.0 Å². The van der Waals surface area contributed by atoms with Crippen molar-refractivity contribution in [1.82, 2.24) is 15.0 Å². The summed E-state index contributed by atoms with van der Waals surface area (Å²) in [5.74, 6) is -0.938. The predicted octanol–water partition coefficient (Wildman–Crippen LogP) is 4.05. The van der Waals surface area contributed by atoms with Crippen molar-refractivity contribution in [3.8, 4) is 5.75 Å². The lowest BCUT2D eigenvalue weighted by Gasteiger charge is -2.15. The number of anilines is 1. The summed E-state index contributed by atoms with van der Waals surface area (Å²) >= 11 is 0. The van der Waals surface area contributed by atoms with Crippen molar-refractivity contribution in [1.29, 1.82) is 0 Å². The van der Waals surface area contributed by atoms with Gasteiger partial charge in [-0.2, -0.15) is 0 Å². The number of imidazole rings is 1. The van der Waals surface area contributed by atoms with Crippen molar-refractivity contribution in [2.75, 3.05) is 5.32 Å². The Labute approximate surface area is 171 Å². The molecule has 0 spiro atoms. The zero-order valence-electron chi connectivity index (χ0n) is 16.0. The van der Waals surface area contributed by atoms with E-state index in [1.54, 1.807) is 18.2 Å². The lowest BCUT2D eigenvalue weighted by molar-refractivity contribution is 0.0698. The number of nitrogens with one attached hydrogen (secondary N) is 2. The number of amides is 1. The number of hydrogen-bond donors (Lipinski definition) is 3. The largest absolute Gasteiger partial charge is 0.484 e. The molecule has 3 N–H and O–H groups in total. The van der Waals surface area contributed by atoms with Crippen molar-refractivity contribution in [3.63, 3.8) is 0 Å². The van der Waals surface area contributed by atoms with E-state index in [2.05, 4.69) is 20.3 Å². The maximum Gasteiger partial charge on any atom is 0.337 e. The number of carboxylic acid groups (broad SMARTS) is 1. The topological polar surface area (TPSA) is 117 Å². The Morgan fingerprint density at radius 2 is 1.90 bits per heavy atom. The highest BCUT2D eigenvalue weighted by molar-refractivity contribution is 6.05. The number of hydrogen-bond acceptors (Lipinski definition) is 5. The number of benzene rings is 2. The zero-order valence-corrected chi connectivity index (χ0v) is 16.0. The van der Waals surface area contributed by atoms with Crippen LogP contribution in [0.5, 0.6) is 5.75 Å². The second-order valence-corrected chi connectivity index (χ2v) is 6.63. The molecule has 2 aromatic heterocycles. The summed E-state index contributed by atoms with van der Waals surface area (Å²) in [4.78, 5) is 35.1. The van der Waals surface area contributed by atoms with Gasteiger partial charge >= 0.3 is 5.97 Å². The molecule has 1 amide bonds. The SMILES string of the molecule is CC(Oc1cncc(C(=O)Nc2nc3c(C(=O)O)cccc3[nH]2)c1)c1ccccc1. The fourth-order valence-corrected chi connectivity index (χ4v) is 3.05. The Hall–Kier alpha value is -4.20. The molecule has 0 saturated heterocycles. The summed E-state index contributed by atoms with van der Waals surface area (Å²) in [6, 6.07) is 16.0. The summed E-state index contributed by atoms with van der Waals surface area (Å²) in [6.07, 6.45) is 2.74. The first-order valence-corrected chi connectivity index (χ1v) is 9.21. The van der Waals surface area contributed by atoms with E-state index < -0.39 is 11.9 Å². The molecular formula is C22H18N4O4. The van der Waals surface area contributed by atoms with Crippen LogP contribution >= 0.6 is 0 Å². The number of fused-ring (bicyclic) bond motifs is 1. The maximum atomic E-state index is 12.6. The number of aromatic nitrogens is 3. The Morgan fingerprint density at radius 3 is 2.67 bits per heavy atom. The lowest BCUT2D eigenvalue weighted by atomic mass is 10.1. The Bertz CT molecular complexity index is 1220. The molecule has 0 aliphatic rings. The highest BCUT2D eigenvalue weighted by atomic mass is 16.5. The molecule has 4 aromatic rings. The number of rotatable bonds is 6. The molecule has 0 saturated carbocycles. The highest BCUT2D eigenvalue weighted by Crippen LogP contribution is 2.23. The molecule has 0 aliphatic carbocycles. The summed E-state index contributed by atoms with van der Waals surface area (Å²) in [5, 5.41) is 11.9. The summed E-state index contributed by atoms with van der Waals surface area (Å²) < 4.78 is 5.90. The number of ether oxygens (including phenoxy) is 1. The minimum Gasteiger partial charge on any atom is -0.484 e. The molecule has 0 aliphatic heterocycles. The van der Waals surface area contributed by atoms with E-state index >= 15 is 0 Å². The van der Waals surface area contributed by atoms with E-state index in [0.29, 0.717) is 11.3 Å². The molecule has 2 aromatic carbocycles. The van der Waals surface area contributed by atoms with Gasteiger partial charge in [0.1, 0.15) is 17.4 Å². The van der Waals surface area contributed by atoms with Gasteiger partial charge in [0.2, 0.25) is 5.95 Å². The number of aromatic carboxylic acids is 1. The Kier molecular flexibility index (Phi) is 5.13. The van der Waals surface area contributed by atoms with Crippen LogP contribution in [0, 0.1) is 0 Å². The van der Waals surface area contributed by atoms with Crippen LogP contribution < -0.4 is 10.1 Å². The molecular weight excluding hydrogens is 384 g/mol. The van der Waals surface area contributed by atoms with Gasteiger partial charge in [0.15, 0.2) is 0 Å². The smallest absolute Gasteiger partial charge is 0.337 e. The number of para-hydroxylation sites is 1. The van der Waals surface area contributed by atoms with Gasteiger partial charge < -0.3 is 14.8 Å². The van der Waals surface area contributed by atoms with E-state index in [9.17, 15) is 14.7 Å². The number of carbonyl (C=O) groups excluding carboxylic acids is 1. The molecule has 150 valence electrons. The van der Waals surface area contributed by atoms with Crippen LogP contribution in [-0.2, 0) is 0 Å². The number of carboxylic acids is 1. The van der Waals surface area contributed by atoms with Crippen LogP contribution in [0.2, 0.25) is 0 Å². The minimum atomic E-state index is -1.09. The second kappa shape index (κ2) is 8.04. The fourth-order valence-electron chi connectivity index (χ4n) is 3.05. The molecule has 8 heteroatoms. The van der Waals surface area contributed by atoms with E-state index in [1.807, 2.05) is 37.3 Å². The monoisotopic (exact) mass is 402 g/mol. The number of pyridine rings is 1. The van der Waals surface area contributed by atoms with Crippen molar-refractivity contribution in [3.05, 3.63) is 83.7 Å². The molecule has 4 rings (SSSR count). The highest BCUT2D eigenvalue weighted by Gasteiger charge is 2.15. The molecule has 1 atom stereocenters. The average molecular weight is 402 g/mol. The van der Waals surface area contributed by atoms with Gasteiger partial charge in [0.05, 0.1) is 22.8 Å². The van der Waals surface area contributed by atoms with Crippen LogP contribution in [-0.4, -0.2) is 31.9 Å². The molecule has 8 nitrogen and oxygen atoms in total. The average Bonchev–Trinajstić information content (AvgIpc) is 3.16. The first-order valence-electron chi connectivity index (χ1n) is 9.21. The van der Waals surface area contributed by atoms with Gasteiger partial charge in [0, 0.05) is 6.20 Å². The standard InChI is InChI=1S/C22H18N4O4/c1-13(14-6-3-2-4-7-14)30-16-10-15(11-23-12-16)20(27)26-22-24-18-9-5-8-17(21(28)29)19(18)25-22/h2-13H,1H3,(H,28,29)(H2,24,25,26,27). The predicted molar refractivity (Wildman–Crippen MR) is 111 cm³/mol. The third kappa shape index (κ3) is 3.97. The first kappa shape index (κ1) is 19.1. The maximum absolute atomic E-state index is 12.6. The van der Waals surface area contributed by atoms with Crippen molar-refractivity contribution < 1.29 is 19.4 Å². The number of carbonyl (C=O) groups is 2. The van der Waals surface area contributed by atoms with Gasteiger partial charge in [0.25, 0.3) is 5.91 Å². The Morgan fingerprint density at radius 1 is 1.10 bits per heavy atom. The van der Waals surface area contributed by atoms with Crippen molar-refractivity contribution in [2.45, 2.75) is 13.0 Å². The minimum absolute atomic E-state index is 0.0520. The molecule has 0 bridgehead atoms. The molecule has 2 heterocycles. The quantitative estimate of drug-likeness (QED) is 0.448. The summed E-state index contributed by atoms with van der Waals surface area (Å²) in [5.41, 5.74) is 2.12. The van der Waals surface area contributed by atoms with E-state index in [1.165, 1.54) is 18.5 Å². The van der Waals surface area contributed by atoms with E-state index in [0.717, 1.165) is 5.56 Å². The number of H-pyrrole nitrogens is 1. The molecule has 30 heavy (non-hydrogen) atoms. The van der Waals surface area contributed by atoms with Crippen LogP contribution in [0.25, 0.3) is 11.0 Å². The summed E-state index contributed by atoms with van der Waals surface area (Å²) in [6.45, 7) is 1.91. The molecule has 0 fully saturated rings. The molecule has 0 radical (unpaired) electrons. The third-order valence-electron chi connectivity index (χ3n) is 4.53. The first-order chi connectivity index (χ1) is 14.5. The fraction of sp³-hybridized carbons (Fsp3) is 0.0909. The van der Waals surface area contributed by atoms with Crippen molar-refractivity contribution >= 4 is 28.9 Å². The van der Waals surface area contributed by atoms with Gasteiger partial charge in [-0.1, -0.05) is 36.4 Å². The molecule has 1 unspecified atom stereocenters. The van der Waals surface area contributed by atoms with Gasteiger partial charge in [-0.15, -0.1) is 0 Å². The number of aromatic amines is 1. The van der Waals surface area contributed by atoms with Crippen LogP contribution in [0.4, 0.5) is 5.95 Å². The van der Waals surface area contributed by atoms with Gasteiger partial charge in [-0.05, 0) is 30.7 Å². The van der Waals surface area contributed by atoms with Gasteiger partial charge in [-0.25, -0.2) is 9.78 Å². The second-order valence-electron chi connectivity index (χ2n) is 6.63. The summed E-state index contributed by atoms with van der Waals surface area (Å²) in [7, 11) is 0. The van der Waals surface area contributed by atoms with Gasteiger partial charge in [-0.3, -0.25) is 15.1 Å². The third-order valence-corrected chi connectivity index (χ3v) is 4.53. The van der Waals surface area contributed by atoms with Crippen LogP contribution in [0.1, 0.15) is 39.3 Å². The van der Waals surface area contributed by atoms with Crippen LogP contribution in [0.3, 0.4) is 0 Å². The zero-order chi connectivity index (χ0) is 21.1. The number of nitrogens with zero attached hydrogens (tertiary/aromatic N) is 2. The van der Waals surface area contributed by atoms with E-state index in [4.69, 9.17) is 4.74 Å². The van der Waals surface area contributed by atoms with E-state index in [-0.39, 0.29) is 28.7 Å².